The minimum Gasteiger partial charge on any atom is -0.0654 e. The molecule has 3 rings (SSSR count). The van der Waals surface area contributed by atoms with Crippen LogP contribution in [0.15, 0.2) is 35.9 Å². The average Bonchev–Trinajstić information content (AvgIpc) is 2.91. The summed E-state index contributed by atoms with van der Waals surface area (Å²) in [6, 6.07) is 11.5. The second-order valence-electron chi connectivity index (χ2n) is 7.94. The molecular formula is C23H28. The van der Waals surface area contributed by atoms with Crippen molar-refractivity contribution in [1.82, 2.24) is 0 Å². The predicted octanol–water partition coefficient (Wildman–Crippen LogP) is 6.62. The van der Waals surface area contributed by atoms with Crippen molar-refractivity contribution < 1.29 is 0 Å². The topological polar surface area (TPSA) is 0 Å². The zero-order chi connectivity index (χ0) is 16.8. The van der Waals surface area contributed by atoms with Crippen LogP contribution in [0.25, 0.3) is 17.2 Å². The molecule has 0 aromatic heterocycles. The maximum Gasteiger partial charge on any atom is -0.00551 e. The van der Waals surface area contributed by atoms with Crippen LogP contribution in [0.3, 0.4) is 0 Å². The number of benzene rings is 2. The van der Waals surface area contributed by atoms with E-state index in [9.17, 15) is 0 Å². The number of fused-ring (bicyclic) bond motifs is 1. The van der Waals surface area contributed by atoms with Gasteiger partial charge in [0.2, 0.25) is 0 Å². The van der Waals surface area contributed by atoms with Gasteiger partial charge in [-0.2, -0.15) is 0 Å². The molecule has 0 saturated heterocycles. The molecule has 1 aliphatic carbocycles. The third-order valence-electron chi connectivity index (χ3n) is 5.14. The highest BCUT2D eigenvalue weighted by Crippen LogP contribution is 2.39. The molecule has 0 heterocycles. The molecule has 0 spiro atoms. The quantitative estimate of drug-likeness (QED) is 0.585. The number of hydrogen-bond donors (Lipinski definition) is 0. The van der Waals surface area contributed by atoms with Crippen LogP contribution in [-0.4, -0.2) is 0 Å². The Balaban J connectivity index is 2.14. The molecule has 1 aliphatic rings. The van der Waals surface area contributed by atoms with E-state index in [-0.39, 0.29) is 5.41 Å². The van der Waals surface area contributed by atoms with E-state index >= 15 is 0 Å². The summed E-state index contributed by atoms with van der Waals surface area (Å²) in [5, 5.41) is 0. The van der Waals surface area contributed by atoms with Gasteiger partial charge >= 0.3 is 0 Å². The fraction of sp³-hybridized carbons (Fsp3) is 0.391. The lowest BCUT2D eigenvalue weighted by atomic mass is 9.84. The summed E-state index contributed by atoms with van der Waals surface area (Å²) in [7, 11) is 0. The standard InChI is InChI=1S/C23H28/c1-7-17-13-20-15(2)12-16(3)22(21(20)14-17)18-8-10-19(11-9-18)23(4,5)6/h8-12,14H,7,13H2,1-6H3. The Kier molecular flexibility index (Phi) is 3.96. The largest absolute Gasteiger partial charge is 0.0654 e. The molecule has 0 N–H and O–H groups in total. The molecule has 0 nitrogen and oxygen atoms in total. The smallest absolute Gasteiger partial charge is 0.00551 e. The van der Waals surface area contributed by atoms with E-state index < -0.39 is 0 Å². The first kappa shape index (κ1) is 16.1. The Bertz CT molecular complexity index is 765. The molecule has 23 heavy (non-hydrogen) atoms. The lowest BCUT2D eigenvalue weighted by molar-refractivity contribution is 0.590. The van der Waals surface area contributed by atoms with Gasteiger partial charge in [0.1, 0.15) is 0 Å². The first-order valence-electron chi connectivity index (χ1n) is 8.74. The fourth-order valence-electron chi connectivity index (χ4n) is 3.68. The molecule has 2 aromatic carbocycles. The van der Waals surface area contributed by atoms with E-state index in [1.54, 1.807) is 5.57 Å². The van der Waals surface area contributed by atoms with Crippen molar-refractivity contribution in [2.75, 3.05) is 0 Å². The number of aryl methyl sites for hydroxylation is 2. The van der Waals surface area contributed by atoms with Crippen molar-refractivity contribution in [3.63, 3.8) is 0 Å². The molecule has 0 fully saturated rings. The van der Waals surface area contributed by atoms with Gasteiger partial charge in [-0.3, -0.25) is 0 Å². The Labute approximate surface area is 141 Å². The molecule has 2 aromatic rings. The van der Waals surface area contributed by atoms with Crippen LogP contribution in [0.1, 0.15) is 61.9 Å². The van der Waals surface area contributed by atoms with Crippen LogP contribution < -0.4 is 0 Å². The first-order chi connectivity index (χ1) is 10.8. The van der Waals surface area contributed by atoms with Gasteiger partial charge < -0.3 is 0 Å². The summed E-state index contributed by atoms with van der Waals surface area (Å²) >= 11 is 0. The summed E-state index contributed by atoms with van der Waals surface area (Å²) < 4.78 is 0. The lowest BCUT2D eigenvalue weighted by Crippen LogP contribution is -2.10. The maximum absolute atomic E-state index is 2.43. The molecular weight excluding hydrogens is 276 g/mol. The molecule has 0 aliphatic heterocycles. The van der Waals surface area contributed by atoms with Gasteiger partial charge in [0.25, 0.3) is 0 Å². The maximum atomic E-state index is 2.43. The molecule has 120 valence electrons. The molecule has 0 bridgehead atoms. The number of allylic oxidation sites excluding steroid dienone is 1. The highest BCUT2D eigenvalue weighted by Gasteiger charge is 2.20. The van der Waals surface area contributed by atoms with Gasteiger partial charge in [0, 0.05) is 0 Å². The molecule has 0 saturated carbocycles. The van der Waals surface area contributed by atoms with Crippen LogP contribution >= 0.6 is 0 Å². The van der Waals surface area contributed by atoms with Gasteiger partial charge in [-0.25, -0.2) is 0 Å². The minimum absolute atomic E-state index is 0.206. The normalized spacial score (nSPS) is 13.9. The number of hydrogen-bond acceptors (Lipinski definition) is 0. The van der Waals surface area contributed by atoms with Gasteiger partial charge in [-0.1, -0.05) is 69.7 Å². The van der Waals surface area contributed by atoms with Crippen molar-refractivity contribution in [1.29, 1.82) is 0 Å². The van der Waals surface area contributed by atoms with E-state index in [0.29, 0.717) is 0 Å². The van der Waals surface area contributed by atoms with Crippen LogP contribution in [0.2, 0.25) is 0 Å². The Morgan fingerprint density at radius 3 is 2.17 bits per heavy atom. The molecule has 0 heteroatoms. The van der Waals surface area contributed by atoms with Crippen LogP contribution in [-0.2, 0) is 11.8 Å². The van der Waals surface area contributed by atoms with Crippen LogP contribution in [0.5, 0.6) is 0 Å². The highest BCUT2D eigenvalue weighted by atomic mass is 14.2. The van der Waals surface area contributed by atoms with E-state index in [0.717, 1.165) is 12.8 Å². The van der Waals surface area contributed by atoms with E-state index in [1.165, 1.54) is 38.9 Å². The monoisotopic (exact) mass is 304 g/mol. The lowest BCUT2D eigenvalue weighted by Gasteiger charge is -2.20. The van der Waals surface area contributed by atoms with Crippen LogP contribution in [0, 0.1) is 13.8 Å². The van der Waals surface area contributed by atoms with E-state index in [2.05, 4.69) is 78.0 Å². The second kappa shape index (κ2) is 5.67. The summed E-state index contributed by atoms with van der Waals surface area (Å²) in [4.78, 5) is 0. The average molecular weight is 304 g/mol. The zero-order valence-electron chi connectivity index (χ0n) is 15.4. The third kappa shape index (κ3) is 2.87. The summed E-state index contributed by atoms with van der Waals surface area (Å²) in [5.41, 5.74) is 11.7. The van der Waals surface area contributed by atoms with Crippen molar-refractivity contribution in [2.24, 2.45) is 0 Å². The Hall–Kier alpha value is -1.82. The SMILES string of the molecule is CCC1=Cc2c(c(C)cc(C)c2-c2ccc(C(C)(C)C)cc2)C1. The molecule has 0 unspecified atom stereocenters. The van der Waals surface area contributed by atoms with Gasteiger partial charge in [0.15, 0.2) is 0 Å². The molecule has 0 radical (unpaired) electrons. The zero-order valence-corrected chi connectivity index (χ0v) is 15.4. The fourth-order valence-corrected chi connectivity index (χ4v) is 3.68. The van der Waals surface area contributed by atoms with E-state index in [1.807, 2.05) is 0 Å². The van der Waals surface area contributed by atoms with Gasteiger partial charge in [-0.05, 0) is 71.0 Å². The minimum atomic E-state index is 0.206. The summed E-state index contributed by atoms with van der Waals surface area (Å²) in [6.07, 6.45) is 4.71. The van der Waals surface area contributed by atoms with Crippen LogP contribution in [0.4, 0.5) is 0 Å². The summed E-state index contributed by atoms with van der Waals surface area (Å²) in [6.45, 7) is 13.6. The predicted molar refractivity (Wildman–Crippen MR) is 102 cm³/mol. The molecule has 0 atom stereocenters. The van der Waals surface area contributed by atoms with Crippen molar-refractivity contribution in [3.8, 4) is 11.1 Å². The van der Waals surface area contributed by atoms with Gasteiger partial charge in [-0.15, -0.1) is 0 Å². The van der Waals surface area contributed by atoms with E-state index in [4.69, 9.17) is 0 Å². The van der Waals surface area contributed by atoms with Crippen molar-refractivity contribution >= 4 is 6.08 Å². The third-order valence-corrected chi connectivity index (χ3v) is 5.14. The van der Waals surface area contributed by atoms with Crippen molar-refractivity contribution in [3.05, 3.63) is 63.7 Å². The highest BCUT2D eigenvalue weighted by molar-refractivity contribution is 5.84. The second-order valence-corrected chi connectivity index (χ2v) is 7.94. The number of rotatable bonds is 2. The van der Waals surface area contributed by atoms with Gasteiger partial charge in [0.05, 0.1) is 0 Å². The van der Waals surface area contributed by atoms with Crippen molar-refractivity contribution in [2.45, 2.75) is 59.8 Å². The molecule has 0 amide bonds. The first-order valence-corrected chi connectivity index (χ1v) is 8.74. The Morgan fingerprint density at radius 2 is 1.61 bits per heavy atom. The Morgan fingerprint density at radius 1 is 0.957 bits per heavy atom. The summed E-state index contributed by atoms with van der Waals surface area (Å²) in [5.74, 6) is 0.